The van der Waals surface area contributed by atoms with Crippen molar-refractivity contribution in [3.05, 3.63) is 35.1 Å². The molecule has 0 bridgehead atoms. The lowest BCUT2D eigenvalue weighted by molar-refractivity contribution is 0.463. The molecule has 1 aromatic rings. The second-order valence-corrected chi connectivity index (χ2v) is 2.41. The van der Waals surface area contributed by atoms with Crippen molar-refractivity contribution in [2.45, 2.75) is 20.0 Å². The van der Waals surface area contributed by atoms with E-state index in [2.05, 4.69) is 0 Å². The Labute approximate surface area is 64.9 Å². The highest BCUT2D eigenvalue weighted by atomic mass is 19.1. The molecule has 2 heteroatoms. The maximum absolute atomic E-state index is 12.8. The topological polar surface area (TPSA) is 0 Å². The molecule has 0 saturated heterocycles. The summed E-state index contributed by atoms with van der Waals surface area (Å²) in [5.74, 6) is -0.438. The lowest BCUT2D eigenvalue weighted by Crippen LogP contribution is -1.88. The van der Waals surface area contributed by atoms with Gasteiger partial charge in [-0.15, -0.1) is 0 Å². The molecule has 1 rings (SSSR count). The molecule has 0 atom stereocenters. The molecule has 0 unspecified atom stereocenters. The van der Waals surface area contributed by atoms with Gasteiger partial charge in [-0.25, -0.2) is 8.78 Å². The Hall–Kier alpha value is -0.920. The maximum atomic E-state index is 12.8. The quantitative estimate of drug-likeness (QED) is 0.617. The van der Waals surface area contributed by atoms with E-state index >= 15 is 0 Å². The van der Waals surface area contributed by atoms with E-state index in [9.17, 15) is 8.78 Å². The summed E-state index contributed by atoms with van der Waals surface area (Å²) in [5, 5.41) is 0. The molecule has 1 aromatic carbocycles. The first-order valence-electron chi connectivity index (χ1n) is 3.61. The van der Waals surface area contributed by atoms with Gasteiger partial charge >= 0.3 is 0 Å². The zero-order valence-electron chi connectivity index (χ0n) is 6.40. The van der Waals surface area contributed by atoms with Gasteiger partial charge in [0.15, 0.2) is 0 Å². The molecular weight excluding hydrogens is 146 g/mol. The van der Waals surface area contributed by atoms with Gasteiger partial charge in [-0.2, -0.15) is 0 Å². The summed E-state index contributed by atoms with van der Waals surface area (Å²) in [6, 6.07) is 4.63. The molecule has 11 heavy (non-hydrogen) atoms. The Kier molecular flexibility index (Phi) is 2.58. The molecule has 0 radical (unpaired) electrons. The molecular formula is C9H10F2. The van der Waals surface area contributed by atoms with Gasteiger partial charge in [-0.05, 0) is 18.1 Å². The highest BCUT2D eigenvalue weighted by Gasteiger charge is 2.00. The average molecular weight is 156 g/mol. The minimum absolute atomic E-state index is 0.141. The fourth-order valence-corrected chi connectivity index (χ4v) is 0.919. The fourth-order valence-electron chi connectivity index (χ4n) is 0.919. The summed E-state index contributed by atoms with van der Waals surface area (Å²) >= 11 is 0. The van der Waals surface area contributed by atoms with Crippen LogP contribution in [0.15, 0.2) is 18.2 Å². The zero-order chi connectivity index (χ0) is 8.27. The first-order chi connectivity index (χ1) is 5.27. The van der Waals surface area contributed by atoms with Gasteiger partial charge in [0, 0.05) is 5.56 Å². The van der Waals surface area contributed by atoms with E-state index in [1.165, 1.54) is 12.1 Å². The van der Waals surface area contributed by atoms with Crippen LogP contribution in [0, 0.1) is 5.82 Å². The summed E-state index contributed by atoms with van der Waals surface area (Å²) in [5.41, 5.74) is 1.04. The smallest absolute Gasteiger partial charge is 0.129 e. The number of hydrogen-bond acceptors (Lipinski definition) is 0. The molecule has 0 nitrogen and oxygen atoms in total. The molecule has 0 amide bonds. The highest BCUT2D eigenvalue weighted by molar-refractivity contribution is 5.23. The monoisotopic (exact) mass is 156 g/mol. The summed E-state index contributed by atoms with van der Waals surface area (Å²) in [4.78, 5) is 0. The second kappa shape index (κ2) is 3.46. The van der Waals surface area contributed by atoms with Crippen LogP contribution < -0.4 is 0 Å². The summed E-state index contributed by atoms with van der Waals surface area (Å²) in [6.07, 6.45) is 0.781. The van der Waals surface area contributed by atoms with E-state index in [4.69, 9.17) is 0 Å². The number of benzene rings is 1. The van der Waals surface area contributed by atoms with Crippen molar-refractivity contribution in [3.8, 4) is 0 Å². The summed E-state index contributed by atoms with van der Waals surface area (Å²) < 4.78 is 24.8. The van der Waals surface area contributed by atoms with Crippen LogP contribution in [0.25, 0.3) is 0 Å². The number of aryl methyl sites for hydroxylation is 1. The van der Waals surface area contributed by atoms with E-state index in [0.29, 0.717) is 0 Å². The normalized spacial score (nSPS) is 10.1. The highest BCUT2D eigenvalue weighted by Crippen LogP contribution is 2.11. The minimum Gasteiger partial charge on any atom is -0.246 e. The Balaban J connectivity index is 2.99. The molecule has 0 aliphatic heterocycles. The van der Waals surface area contributed by atoms with Crippen LogP contribution in [-0.4, -0.2) is 0 Å². The van der Waals surface area contributed by atoms with Crippen molar-refractivity contribution in [1.29, 1.82) is 0 Å². The Morgan fingerprint density at radius 1 is 1.36 bits per heavy atom. The molecule has 60 valence electrons. The molecule has 0 N–H and O–H groups in total. The summed E-state index contributed by atoms with van der Waals surface area (Å²) in [7, 11) is 0. The van der Waals surface area contributed by atoms with Gasteiger partial charge in [0.25, 0.3) is 0 Å². The third-order valence-electron chi connectivity index (χ3n) is 1.67. The predicted octanol–water partition coefficient (Wildman–Crippen LogP) is 2.86. The van der Waals surface area contributed by atoms with Crippen LogP contribution in [0.2, 0.25) is 0 Å². The van der Waals surface area contributed by atoms with Gasteiger partial charge in [0.2, 0.25) is 0 Å². The molecule has 0 saturated carbocycles. The summed E-state index contributed by atoms with van der Waals surface area (Å²) in [6.45, 7) is 1.21. The predicted molar refractivity (Wildman–Crippen MR) is 40.6 cm³/mol. The number of halogens is 2. The SMILES string of the molecule is CCc1ccc(CF)c(F)c1. The van der Waals surface area contributed by atoms with Crippen LogP contribution >= 0.6 is 0 Å². The van der Waals surface area contributed by atoms with Crippen LogP contribution in [0.1, 0.15) is 18.1 Å². The second-order valence-electron chi connectivity index (χ2n) is 2.41. The van der Waals surface area contributed by atoms with Gasteiger partial charge in [-0.3, -0.25) is 0 Å². The molecule has 0 aliphatic rings. The molecule has 0 aliphatic carbocycles. The first kappa shape index (κ1) is 8.18. The van der Waals surface area contributed by atoms with Gasteiger partial charge in [-0.1, -0.05) is 19.1 Å². The van der Waals surface area contributed by atoms with E-state index < -0.39 is 12.5 Å². The zero-order valence-corrected chi connectivity index (χ0v) is 6.40. The Morgan fingerprint density at radius 2 is 2.09 bits per heavy atom. The standard InChI is InChI=1S/C9H10F2/c1-2-7-3-4-8(6-10)9(11)5-7/h3-5H,2,6H2,1H3. The van der Waals surface area contributed by atoms with E-state index in [0.717, 1.165) is 12.0 Å². The number of rotatable bonds is 2. The largest absolute Gasteiger partial charge is 0.246 e. The van der Waals surface area contributed by atoms with Crippen molar-refractivity contribution in [3.63, 3.8) is 0 Å². The van der Waals surface area contributed by atoms with Crippen LogP contribution in [0.3, 0.4) is 0 Å². The van der Waals surface area contributed by atoms with Gasteiger partial charge in [0.05, 0.1) is 0 Å². The Morgan fingerprint density at radius 3 is 2.55 bits per heavy atom. The first-order valence-corrected chi connectivity index (χ1v) is 3.61. The van der Waals surface area contributed by atoms with Crippen LogP contribution in [-0.2, 0) is 13.1 Å². The number of alkyl halides is 1. The van der Waals surface area contributed by atoms with Gasteiger partial charge in [0.1, 0.15) is 12.5 Å². The van der Waals surface area contributed by atoms with Crippen molar-refractivity contribution in [2.75, 3.05) is 0 Å². The van der Waals surface area contributed by atoms with Crippen molar-refractivity contribution >= 4 is 0 Å². The van der Waals surface area contributed by atoms with Crippen LogP contribution in [0.5, 0.6) is 0 Å². The fraction of sp³-hybridized carbons (Fsp3) is 0.333. The Bertz CT molecular complexity index is 243. The van der Waals surface area contributed by atoms with Gasteiger partial charge < -0.3 is 0 Å². The van der Waals surface area contributed by atoms with E-state index in [1.54, 1.807) is 6.07 Å². The number of hydrogen-bond donors (Lipinski definition) is 0. The average Bonchev–Trinajstić information content (AvgIpc) is 2.04. The lowest BCUT2D eigenvalue weighted by atomic mass is 10.1. The lowest BCUT2D eigenvalue weighted by Gasteiger charge is -1.99. The van der Waals surface area contributed by atoms with Crippen molar-refractivity contribution < 1.29 is 8.78 Å². The van der Waals surface area contributed by atoms with E-state index in [1.807, 2.05) is 6.92 Å². The molecule has 0 fully saturated rings. The minimum atomic E-state index is -0.726. The van der Waals surface area contributed by atoms with Crippen molar-refractivity contribution in [1.82, 2.24) is 0 Å². The van der Waals surface area contributed by atoms with Crippen LogP contribution in [0.4, 0.5) is 8.78 Å². The van der Waals surface area contributed by atoms with E-state index in [-0.39, 0.29) is 5.56 Å². The molecule has 0 heterocycles. The third kappa shape index (κ3) is 1.76. The third-order valence-corrected chi connectivity index (χ3v) is 1.67. The van der Waals surface area contributed by atoms with Crippen molar-refractivity contribution in [2.24, 2.45) is 0 Å². The molecule has 0 spiro atoms. The maximum Gasteiger partial charge on any atom is 0.129 e. The molecule has 0 aromatic heterocycles.